The van der Waals surface area contributed by atoms with Crippen molar-refractivity contribution < 1.29 is 14.3 Å². The number of hydrogen-bond donors (Lipinski definition) is 2. The molecule has 2 N–H and O–H groups in total. The number of amides is 1. The second kappa shape index (κ2) is 13.1. The van der Waals surface area contributed by atoms with Crippen molar-refractivity contribution in [2.75, 3.05) is 30.4 Å². The van der Waals surface area contributed by atoms with Crippen LogP contribution in [-0.2, 0) is 11.2 Å². The Morgan fingerprint density at radius 3 is 2.06 bits per heavy atom. The SMILES string of the molecule is CCCCOc1ccccc1NCC(=O)Nc1ccccc1OCCCc1ccccc1. The fourth-order valence-electron chi connectivity index (χ4n) is 3.23. The number of anilines is 2. The lowest BCUT2D eigenvalue weighted by Crippen LogP contribution is -2.22. The molecule has 0 heterocycles. The highest BCUT2D eigenvalue weighted by molar-refractivity contribution is 5.95. The van der Waals surface area contributed by atoms with E-state index < -0.39 is 0 Å². The zero-order chi connectivity index (χ0) is 22.4. The van der Waals surface area contributed by atoms with Crippen molar-refractivity contribution in [1.82, 2.24) is 0 Å². The number of carbonyl (C=O) groups is 1. The molecule has 0 unspecified atom stereocenters. The number of nitrogens with one attached hydrogen (secondary N) is 2. The molecular weight excluding hydrogens is 400 g/mol. The molecule has 5 nitrogen and oxygen atoms in total. The van der Waals surface area contributed by atoms with Crippen LogP contribution in [0.2, 0.25) is 0 Å². The van der Waals surface area contributed by atoms with Crippen LogP contribution in [0.1, 0.15) is 31.7 Å². The summed E-state index contributed by atoms with van der Waals surface area (Å²) < 4.78 is 11.8. The summed E-state index contributed by atoms with van der Waals surface area (Å²) in [5.74, 6) is 1.29. The lowest BCUT2D eigenvalue weighted by Gasteiger charge is -2.15. The molecule has 0 fully saturated rings. The van der Waals surface area contributed by atoms with E-state index in [2.05, 4.69) is 29.7 Å². The fraction of sp³-hybridized carbons (Fsp3) is 0.296. The summed E-state index contributed by atoms with van der Waals surface area (Å²) in [6, 6.07) is 25.6. The quantitative estimate of drug-likeness (QED) is 0.329. The molecule has 0 aliphatic heterocycles. The van der Waals surface area contributed by atoms with Crippen LogP contribution >= 0.6 is 0 Å². The zero-order valence-corrected chi connectivity index (χ0v) is 18.7. The van der Waals surface area contributed by atoms with Crippen LogP contribution in [0.25, 0.3) is 0 Å². The topological polar surface area (TPSA) is 59.6 Å². The predicted octanol–water partition coefficient (Wildman–Crippen LogP) is 5.93. The molecule has 3 aromatic carbocycles. The van der Waals surface area contributed by atoms with Gasteiger partial charge in [0.15, 0.2) is 0 Å². The van der Waals surface area contributed by atoms with Gasteiger partial charge < -0.3 is 20.1 Å². The van der Waals surface area contributed by atoms with Gasteiger partial charge in [0, 0.05) is 0 Å². The Kier molecular flexibility index (Phi) is 9.46. The maximum atomic E-state index is 12.6. The van der Waals surface area contributed by atoms with E-state index in [1.165, 1.54) is 5.56 Å². The van der Waals surface area contributed by atoms with Gasteiger partial charge in [0.05, 0.1) is 31.1 Å². The number of ether oxygens (including phenoxy) is 2. The first-order valence-corrected chi connectivity index (χ1v) is 11.3. The molecule has 3 rings (SSSR count). The van der Waals surface area contributed by atoms with Gasteiger partial charge in [0.25, 0.3) is 0 Å². The minimum atomic E-state index is -0.145. The average Bonchev–Trinajstić information content (AvgIpc) is 2.83. The minimum Gasteiger partial charge on any atom is -0.491 e. The van der Waals surface area contributed by atoms with Crippen LogP contribution in [-0.4, -0.2) is 25.7 Å². The molecule has 3 aromatic rings. The number of hydrogen-bond acceptors (Lipinski definition) is 4. The van der Waals surface area contributed by atoms with E-state index in [9.17, 15) is 4.79 Å². The molecule has 0 bridgehead atoms. The number of unbranched alkanes of at least 4 members (excludes halogenated alkanes) is 1. The Balaban J connectivity index is 1.48. The molecule has 32 heavy (non-hydrogen) atoms. The van der Waals surface area contributed by atoms with Crippen molar-refractivity contribution in [2.45, 2.75) is 32.6 Å². The summed E-state index contributed by atoms with van der Waals surface area (Å²) in [5, 5.41) is 6.12. The fourth-order valence-corrected chi connectivity index (χ4v) is 3.23. The van der Waals surface area contributed by atoms with Gasteiger partial charge in [-0.1, -0.05) is 67.9 Å². The summed E-state index contributed by atoms with van der Waals surface area (Å²) >= 11 is 0. The van der Waals surface area contributed by atoms with Gasteiger partial charge in [-0.2, -0.15) is 0 Å². The van der Waals surface area contributed by atoms with Crippen LogP contribution in [0.4, 0.5) is 11.4 Å². The Hall–Kier alpha value is -3.47. The molecule has 1 amide bonds. The first-order chi connectivity index (χ1) is 15.8. The Labute approximate surface area is 190 Å². The van der Waals surface area contributed by atoms with Crippen molar-refractivity contribution >= 4 is 17.3 Å². The third kappa shape index (κ3) is 7.65. The van der Waals surface area contributed by atoms with E-state index >= 15 is 0 Å². The maximum absolute atomic E-state index is 12.6. The third-order valence-corrected chi connectivity index (χ3v) is 4.95. The van der Waals surface area contributed by atoms with Crippen LogP contribution in [0.3, 0.4) is 0 Å². The van der Waals surface area contributed by atoms with E-state index in [1.54, 1.807) is 0 Å². The van der Waals surface area contributed by atoms with Crippen LogP contribution in [0, 0.1) is 0 Å². The molecule has 168 valence electrons. The van der Waals surface area contributed by atoms with Crippen molar-refractivity contribution in [3.63, 3.8) is 0 Å². The van der Waals surface area contributed by atoms with Gasteiger partial charge in [-0.3, -0.25) is 4.79 Å². The highest BCUT2D eigenvalue weighted by atomic mass is 16.5. The van der Waals surface area contributed by atoms with E-state index in [-0.39, 0.29) is 12.5 Å². The molecule has 0 saturated heterocycles. The largest absolute Gasteiger partial charge is 0.491 e. The second-order valence-corrected chi connectivity index (χ2v) is 7.53. The summed E-state index contributed by atoms with van der Waals surface area (Å²) in [6.45, 7) is 3.51. The standard InChI is InChI=1S/C27H32N2O3/c1-2-3-19-31-25-17-9-7-15-23(25)28-21-27(30)29-24-16-8-10-18-26(24)32-20-11-14-22-12-5-4-6-13-22/h4-10,12-13,15-18,28H,2-3,11,14,19-21H2,1H3,(H,29,30). The summed E-state index contributed by atoms with van der Waals surface area (Å²) in [6.07, 6.45) is 3.93. The maximum Gasteiger partial charge on any atom is 0.243 e. The summed E-state index contributed by atoms with van der Waals surface area (Å²) in [4.78, 5) is 12.6. The second-order valence-electron chi connectivity index (χ2n) is 7.53. The number of para-hydroxylation sites is 4. The third-order valence-electron chi connectivity index (χ3n) is 4.95. The molecule has 0 spiro atoms. The van der Waals surface area contributed by atoms with Gasteiger partial charge in [-0.25, -0.2) is 0 Å². The Morgan fingerprint density at radius 1 is 0.750 bits per heavy atom. The molecule has 0 radical (unpaired) electrons. The molecule has 0 saturated carbocycles. The average molecular weight is 433 g/mol. The van der Waals surface area contributed by atoms with E-state index in [0.29, 0.717) is 24.7 Å². The number of rotatable bonds is 13. The normalized spacial score (nSPS) is 10.4. The van der Waals surface area contributed by atoms with E-state index in [0.717, 1.165) is 37.1 Å². The van der Waals surface area contributed by atoms with Gasteiger partial charge in [-0.05, 0) is 49.1 Å². The number of aryl methyl sites for hydroxylation is 1. The van der Waals surface area contributed by atoms with Crippen LogP contribution in [0.15, 0.2) is 78.9 Å². The van der Waals surface area contributed by atoms with Crippen molar-refractivity contribution in [1.29, 1.82) is 0 Å². The summed E-state index contributed by atoms with van der Waals surface area (Å²) in [5.41, 5.74) is 2.78. The van der Waals surface area contributed by atoms with Crippen molar-refractivity contribution in [3.05, 3.63) is 84.4 Å². The van der Waals surface area contributed by atoms with Crippen molar-refractivity contribution in [3.8, 4) is 11.5 Å². The minimum absolute atomic E-state index is 0.135. The smallest absolute Gasteiger partial charge is 0.243 e. The predicted molar refractivity (Wildman–Crippen MR) is 131 cm³/mol. The molecule has 0 aliphatic rings. The summed E-state index contributed by atoms with van der Waals surface area (Å²) in [7, 11) is 0. The molecule has 0 aromatic heterocycles. The Bertz CT molecular complexity index is 960. The van der Waals surface area contributed by atoms with Crippen LogP contribution < -0.4 is 20.1 Å². The van der Waals surface area contributed by atoms with Crippen LogP contribution in [0.5, 0.6) is 11.5 Å². The molecule has 5 heteroatoms. The van der Waals surface area contributed by atoms with Crippen molar-refractivity contribution in [2.24, 2.45) is 0 Å². The highest BCUT2D eigenvalue weighted by Gasteiger charge is 2.09. The monoisotopic (exact) mass is 432 g/mol. The molecule has 0 atom stereocenters. The zero-order valence-electron chi connectivity index (χ0n) is 18.7. The van der Waals surface area contributed by atoms with E-state index in [4.69, 9.17) is 9.47 Å². The van der Waals surface area contributed by atoms with Gasteiger partial charge in [0.1, 0.15) is 11.5 Å². The lowest BCUT2D eigenvalue weighted by molar-refractivity contribution is -0.114. The van der Waals surface area contributed by atoms with Gasteiger partial charge >= 0.3 is 0 Å². The van der Waals surface area contributed by atoms with E-state index in [1.807, 2.05) is 66.7 Å². The first kappa shape index (κ1) is 23.2. The number of benzene rings is 3. The van der Waals surface area contributed by atoms with Gasteiger partial charge in [0.2, 0.25) is 5.91 Å². The van der Waals surface area contributed by atoms with Gasteiger partial charge in [-0.15, -0.1) is 0 Å². The first-order valence-electron chi connectivity index (χ1n) is 11.3. The molecule has 0 aliphatic carbocycles. The number of carbonyl (C=O) groups excluding carboxylic acids is 1. The molecular formula is C27H32N2O3. The highest BCUT2D eigenvalue weighted by Crippen LogP contribution is 2.25. The Morgan fingerprint density at radius 2 is 1.34 bits per heavy atom. The lowest BCUT2D eigenvalue weighted by atomic mass is 10.1.